The molecule has 0 spiro atoms. The van der Waals surface area contributed by atoms with E-state index in [4.69, 9.17) is 4.74 Å². The van der Waals surface area contributed by atoms with Gasteiger partial charge >= 0.3 is 0 Å². The van der Waals surface area contributed by atoms with E-state index in [-0.39, 0.29) is 11.9 Å². The summed E-state index contributed by atoms with van der Waals surface area (Å²) in [4.78, 5) is 14.4. The highest BCUT2D eigenvalue weighted by atomic mass is 32.1. The number of hydrogen-bond donors (Lipinski definition) is 1. The first-order chi connectivity index (χ1) is 14.0. The minimum Gasteiger partial charge on any atom is -0.457 e. The molecule has 1 aromatic heterocycles. The summed E-state index contributed by atoms with van der Waals surface area (Å²) >= 11 is 1.52. The fraction of sp³-hybridized carbons (Fsp3) is 0.320. The Kier molecular flexibility index (Phi) is 7.48. The molecule has 1 heterocycles. The number of para-hydroxylation sites is 1. The lowest BCUT2D eigenvalue weighted by Crippen LogP contribution is -2.31. The standard InChI is InChI=1S/C25H29NO2S/c1-18(2)8-7-9-19(3)26-25(27)24-17-16-23(29-24)20-12-14-22(15-13-20)28-21-10-5-4-6-11-21/h4-6,10-19H,7-9H2,1-3H3,(H,26,27)/t19-/m0/s1. The maximum Gasteiger partial charge on any atom is 0.261 e. The molecule has 3 nitrogen and oxygen atoms in total. The summed E-state index contributed by atoms with van der Waals surface area (Å²) in [5.41, 5.74) is 1.08. The lowest BCUT2D eigenvalue weighted by molar-refractivity contribution is 0.0942. The van der Waals surface area contributed by atoms with E-state index in [1.54, 1.807) is 0 Å². The fourth-order valence-corrected chi connectivity index (χ4v) is 4.04. The van der Waals surface area contributed by atoms with Crippen molar-refractivity contribution in [3.63, 3.8) is 0 Å². The third-order valence-corrected chi connectivity index (χ3v) is 5.88. The van der Waals surface area contributed by atoms with Crippen LogP contribution < -0.4 is 10.1 Å². The van der Waals surface area contributed by atoms with Gasteiger partial charge in [-0.1, -0.05) is 44.9 Å². The molecule has 0 aliphatic rings. The number of carbonyl (C=O) groups excluding carboxylic acids is 1. The number of amides is 1. The van der Waals surface area contributed by atoms with E-state index in [9.17, 15) is 4.79 Å². The van der Waals surface area contributed by atoms with Gasteiger partial charge in [0.2, 0.25) is 0 Å². The van der Waals surface area contributed by atoms with Crippen molar-refractivity contribution in [2.75, 3.05) is 0 Å². The monoisotopic (exact) mass is 407 g/mol. The number of benzene rings is 2. The molecular formula is C25H29NO2S. The lowest BCUT2D eigenvalue weighted by Gasteiger charge is -2.13. The van der Waals surface area contributed by atoms with Gasteiger partial charge in [-0.3, -0.25) is 4.79 Å². The molecule has 3 rings (SSSR count). The molecule has 0 bridgehead atoms. The molecule has 0 aliphatic heterocycles. The highest BCUT2D eigenvalue weighted by Crippen LogP contribution is 2.30. The second-order valence-electron chi connectivity index (χ2n) is 7.80. The fourth-order valence-electron chi connectivity index (χ4n) is 3.13. The van der Waals surface area contributed by atoms with Crippen LogP contribution in [0.2, 0.25) is 0 Å². The summed E-state index contributed by atoms with van der Waals surface area (Å²) < 4.78 is 5.84. The largest absolute Gasteiger partial charge is 0.457 e. The molecule has 29 heavy (non-hydrogen) atoms. The first-order valence-corrected chi connectivity index (χ1v) is 11.1. The van der Waals surface area contributed by atoms with Crippen molar-refractivity contribution >= 4 is 17.2 Å². The maximum absolute atomic E-state index is 12.5. The summed E-state index contributed by atoms with van der Waals surface area (Å²) in [6.45, 7) is 6.55. The molecule has 0 saturated carbocycles. The Balaban J connectivity index is 1.57. The van der Waals surface area contributed by atoms with Crippen molar-refractivity contribution in [3.8, 4) is 21.9 Å². The third-order valence-electron chi connectivity index (χ3n) is 4.74. The summed E-state index contributed by atoms with van der Waals surface area (Å²) in [6, 6.07) is 21.8. The van der Waals surface area contributed by atoms with Crippen LogP contribution in [-0.4, -0.2) is 11.9 Å². The molecular weight excluding hydrogens is 378 g/mol. The van der Waals surface area contributed by atoms with Crippen molar-refractivity contribution < 1.29 is 9.53 Å². The van der Waals surface area contributed by atoms with Gasteiger partial charge < -0.3 is 10.1 Å². The Morgan fingerprint density at radius 1 is 0.897 bits per heavy atom. The van der Waals surface area contributed by atoms with Crippen LogP contribution in [0.3, 0.4) is 0 Å². The SMILES string of the molecule is CC(C)CCC[C@H](C)NC(=O)c1ccc(-c2ccc(Oc3ccccc3)cc2)s1. The van der Waals surface area contributed by atoms with E-state index in [2.05, 4.69) is 26.1 Å². The first kappa shape index (κ1) is 21.1. The molecule has 1 atom stereocenters. The zero-order chi connectivity index (χ0) is 20.6. The van der Waals surface area contributed by atoms with Gasteiger partial charge in [-0.15, -0.1) is 11.3 Å². The van der Waals surface area contributed by atoms with Gasteiger partial charge in [0.15, 0.2) is 0 Å². The van der Waals surface area contributed by atoms with Crippen LogP contribution in [0.15, 0.2) is 66.7 Å². The van der Waals surface area contributed by atoms with Gasteiger partial charge in [0.1, 0.15) is 11.5 Å². The van der Waals surface area contributed by atoms with Crippen LogP contribution in [0.5, 0.6) is 11.5 Å². The van der Waals surface area contributed by atoms with Gasteiger partial charge in [-0.25, -0.2) is 0 Å². The Morgan fingerprint density at radius 2 is 1.59 bits per heavy atom. The zero-order valence-electron chi connectivity index (χ0n) is 17.4. The van der Waals surface area contributed by atoms with E-state index in [1.165, 1.54) is 17.8 Å². The van der Waals surface area contributed by atoms with Crippen LogP contribution in [0.25, 0.3) is 10.4 Å². The zero-order valence-corrected chi connectivity index (χ0v) is 18.2. The Bertz CT molecular complexity index is 900. The van der Waals surface area contributed by atoms with Gasteiger partial charge in [0, 0.05) is 10.9 Å². The van der Waals surface area contributed by atoms with E-state index in [0.717, 1.165) is 39.7 Å². The van der Waals surface area contributed by atoms with Gasteiger partial charge in [0.25, 0.3) is 5.91 Å². The van der Waals surface area contributed by atoms with Gasteiger partial charge in [-0.2, -0.15) is 0 Å². The molecule has 1 N–H and O–H groups in total. The van der Waals surface area contributed by atoms with Crippen molar-refractivity contribution in [1.82, 2.24) is 5.32 Å². The Labute approximate surface area is 177 Å². The highest BCUT2D eigenvalue weighted by Gasteiger charge is 2.13. The van der Waals surface area contributed by atoms with Crippen LogP contribution in [0, 0.1) is 5.92 Å². The summed E-state index contributed by atoms with van der Waals surface area (Å²) in [6.07, 6.45) is 3.37. The molecule has 0 saturated heterocycles. The van der Waals surface area contributed by atoms with Crippen LogP contribution >= 0.6 is 11.3 Å². The number of carbonyl (C=O) groups is 1. The number of thiophene rings is 1. The minimum absolute atomic E-state index is 0.0160. The summed E-state index contributed by atoms with van der Waals surface area (Å²) in [7, 11) is 0. The van der Waals surface area contributed by atoms with E-state index >= 15 is 0 Å². The summed E-state index contributed by atoms with van der Waals surface area (Å²) in [5, 5.41) is 3.12. The van der Waals surface area contributed by atoms with E-state index < -0.39 is 0 Å². The normalized spacial score (nSPS) is 12.0. The molecule has 0 fully saturated rings. The number of ether oxygens (including phenoxy) is 1. The predicted molar refractivity (Wildman–Crippen MR) is 122 cm³/mol. The van der Waals surface area contributed by atoms with Crippen molar-refractivity contribution in [3.05, 3.63) is 71.6 Å². The first-order valence-electron chi connectivity index (χ1n) is 10.3. The van der Waals surface area contributed by atoms with E-state index in [1.807, 2.05) is 66.7 Å². The molecule has 0 unspecified atom stereocenters. The molecule has 1 amide bonds. The number of rotatable bonds is 9. The average Bonchev–Trinajstić information content (AvgIpc) is 3.19. The molecule has 0 radical (unpaired) electrons. The predicted octanol–water partition coefficient (Wildman–Crippen LogP) is 7.15. The lowest BCUT2D eigenvalue weighted by atomic mass is 10.0. The van der Waals surface area contributed by atoms with Crippen molar-refractivity contribution in [2.24, 2.45) is 5.92 Å². The summed E-state index contributed by atoms with van der Waals surface area (Å²) in [5.74, 6) is 2.34. The molecule has 0 aliphatic carbocycles. The van der Waals surface area contributed by atoms with Crippen LogP contribution in [0.1, 0.15) is 49.7 Å². The van der Waals surface area contributed by atoms with Gasteiger partial charge in [0.05, 0.1) is 4.88 Å². The van der Waals surface area contributed by atoms with Crippen LogP contribution in [-0.2, 0) is 0 Å². The third kappa shape index (κ3) is 6.47. The molecule has 2 aromatic carbocycles. The quantitative estimate of drug-likeness (QED) is 0.409. The second kappa shape index (κ2) is 10.3. The average molecular weight is 408 g/mol. The highest BCUT2D eigenvalue weighted by molar-refractivity contribution is 7.17. The molecule has 152 valence electrons. The van der Waals surface area contributed by atoms with Crippen molar-refractivity contribution in [2.45, 2.75) is 46.1 Å². The maximum atomic E-state index is 12.5. The topological polar surface area (TPSA) is 38.3 Å². The Hall–Kier alpha value is -2.59. The van der Waals surface area contributed by atoms with Gasteiger partial charge in [-0.05, 0) is 73.4 Å². The van der Waals surface area contributed by atoms with E-state index in [0.29, 0.717) is 5.92 Å². The molecule has 3 aromatic rings. The Morgan fingerprint density at radius 3 is 2.28 bits per heavy atom. The second-order valence-corrected chi connectivity index (χ2v) is 8.89. The number of hydrogen-bond acceptors (Lipinski definition) is 3. The smallest absolute Gasteiger partial charge is 0.261 e. The minimum atomic E-state index is 0.0160. The molecule has 4 heteroatoms. The van der Waals surface area contributed by atoms with Crippen LogP contribution in [0.4, 0.5) is 0 Å². The number of nitrogens with one attached hydrogen (secondary N) is 1. The van der Waals surface area contributed by atoms with Crippen molar-refractivity contribution in [1.29, 1.82) is 0 Å².